The highest BCUT2D eigenvalue weighted by Gasteiger charge is 2.15. The number of carboxylic acid groups (broad SMARTS) is 1. The molecule has 0 aliphatic carbocycles. The molecule has 0 bridgehead atoms. The van der Waals surface area contributed by atoms with Crippen molar-refractivity contribution in [1.82, 2.24) is 0 Å². The van der Waals surface area contributed by atoms with Crippen LogP contribution in [-0.4, -0.2) is 17.9 Å². The molecule has 2 aromatic carbocycles. The molecule has 1 N–H and O–H groups in total. The summed E-state index contributed by atoms with van der Waals surface area (Å²) in [7, 11) is 0. The van der Waals surface area contributed by atoms with Gasteiger partial charge in [0.25, 0.3) is 0 Å². The molecule has 0 spiro atoms. The molecule has 0 amide bonds. The average molecular weight is 286 g/mol. The quantitative estimate of drug-likeness (QED) is 0.936. The molecule has 1 aliphatic rings. The van der Waals surface area contributed by atoms with Gasteiger partial charge in [-0.25, -0.2) is 4.79 Å². The van der Waals surface area contributed by atoms with E-state index in [1.54, 1.807) is 18.2 Å². The molecular formula is C16H14O5. The molecule has 0 aromatic heterocycles. The van der Waals surface area contributed by atoms with Crippen molar-refractivity contribution in [1.29, 1.82) is 0 Å². The minimum absolute atomic E-state index is 0.154. The lowest BCUT2D eigenvalue weighted by atomic mass is 10.1. The van der Waals surface area contributed by atoms with Gasteiger partial charge in [0.05, 0.1) is 0 Å². The average Bonchev–Trinajstić information content (AvgIpc) is 2.92. The maximum absolute atomic E-state index is 11.2. The van der Waals surface area contributed by atoms with Gasteiger partial charge in [-0.1, -0.05) is 12.1 Å². The summed E-state index contributed by atoms with van der Waals surface area (Å²) in [5, 5.41) is 9.16. The zero-order valence-corrected chi connectivity index (χ0v) is 11.5. The molecule has 0 unspecified atom stereocenters. The van der Waals surface area contributed by atoms with E-state index in [-0.39, 0.29) is 19.0 Å². The summed E-state index contributed by atoms with van der Waals surface area (Å²) in [6.07, 6.45) is 0. The lowest BCUT2D eigenvalue weighted by molar-refractivity contribution is 0.0691. The third-order valence-electron chi connectivity index (χ3n) is 3.20. The second-order valence-electron chi connectivity index (χ2n) is 4.78. The standard InChI is InChI=1S/C16H14O5/c1-10-2-4-12(16(17)18)14(6-10)19-8-11-3-5-13-15(7-11)21-9-20-13/h2-7H,8-9H2,1H3,(H,17,18). The second-order valence-corrected chi connectivity index (χ2v) is 4.78. The summed E-state index contributed by atoms with van der Waals surface area (Å²) >= 11 is 0. The highest BCUT2D eigenvalue weighted by molar-refractivity contribution is 5.90. The molecule has 5 heteroatoms. The Morgan fingerprint density at radius 2 is 2.00 bits per heavy atom. The summed E-state index contributed by atoms with van der Waals surface area (Å²) in [5.41, 5.74) is 1.99. The lowest BCUT2D eigenvalue weighted by Gasteiger charge is -2.10. The van der Waals surface area contributed by atoms with Crippen molar-refractivity contribution < 1.29 is 24.1 Å². The number of carboxylic acids is 1. The molecular weight excluding hydrogens is 272 g/mol. The zero-order chi connectivity index (χ0) is 14.8. The Kier molecular flexibility index (Phi) is 3.39. The molecule has 108 valence electrons. The number of rotatable bonds is 4. The van der Waals surface area contributed by atoms with Gasteiger partial charge in [-0.05, 0) is 42.3 Å². The van der Waals surface area contributed by atoms with Crippen molar-refractivity contribution in [2.24, 2.45) is 0 Å². The van der Waals surface area contributed by atoms with Crippen molar-refractivity contribution in [2.75, 3.05) is 6.79 Å². The van der Waals surface area contributed by atoms with E-state index in [0.29, 0.717) is 17.2 Å². The first-order valence-electron chi connectivity index (χ1n) is 6.49. The molecule has 0 atom stereocenters. The van der Waals surface area contributed by atoms with E-state index >= 15 is 0 Å². The fraction of sp³-hybridized carbons (Fsp3) is 0.188. The van der Waals surface area contributed by atoms with Crippen LogP contribution in [0.15, 0.2) is 36.4 Å². The predicted octanol–water partition coefficient (Wildman–Crippen LogP) is 3.00. The summed E-state index contributed by atoms with van der Waals surface area (Å²) in [6, 6.07) is 10.5. The number of carbonyl (C=O) groups is 1. The van der Waals surface area contributed by atoms with Crippen LogP contribution < -0.4 is 14.2 Å². The molecule has 0 saturated carbocycles. The van der Waals surface area contributed by atoms with Crippen LogP contribution in [0.1, 0.15) is 21.5 Å². The van der Waals surface area contributed by atoms with Crippen molar-refractivity contribution in [3.05, 3.63) is 53.1 Å². The van der Waals surface area contributed by atoms with Crippen molar-refractivity contribution in [2.45, 2.75) is 13.5 Å². The second kappa shape index (κ2) is 5.36. The van der Waals surface area contributed by atoms with Crippen LogP contribution in [0.5, 0.6) is 17.2 Å². The Hall–Kier alpha value is -2.69. The first kappa shape index (κ1) is 13.3. The summed E-state index contributed by atoms with van der Waals surface area (Å²) in [4.78, 5) is 11.2. The van der Waals surface area contributed by atoms with Crippen LogP contribution in [-0.2, 0) is 6.61 Å². The minimum Gasteiger partial charge on any atom is -0.488 e. The molecule has 0 radical (unpaired) electrons. The van der Waals surface area contributed by atoms with Gasteiger partial charge in [0, 0.05) is 0 Å². The number of hydrogen-bond acceptors (Lipinski definition) is 4. The predicted molar refractivity (Wildman–Crippen MR) is 75.0 cm³/mol. The highest BCUT2D eigenvalue weighted by atomic mass is 16.7. The van der Waals surface area contributed by atoms with Gasteiger partial charge in [-0.3, -0.25) is 0 Å². The van der Waals surface area contributed by atoms with Gasteiger partial charge in [0.2, 0.25) is 6.79 Å². The number of fused-ring (bicyclic) bond motifs is 1. The van der Waals surface area contributed by atoms with Crippen LogP contribution in [0.25, 0.3) is 0 Å². The molecule has 0 fully saturated rings. The molecule has 1 heterocycles. The van der Waals surface area contributed by atoms with Crippen molar-refractivity contribution in [3.8, 4) is 17.2 Å². The minimum atomic E-state index is -1.00. The third kappa shape index (κ3) is 2.76. The van der Waals surface area contributed by atoms with Gasteiger partial charge in [-0.15, -0.1) is 0 Å². The number of aromatic carboxylic acids is 1. The Bertz CT molecular complexity index is 693. The van der Waals surface area contributed by atoms with Crippen LogP contribution in [0.2, 0.25) is 0 Å². The lowest BCUT2D eigenvalue weighted by Crippen LogP contribution is -2.03. The van der Waals surface area contributed by atoms with E-state index in [0.717, 1.165) is 11.1 Å². The van der Waals surface area contributed by atoms with Gasteiger partial charge < -0.3 is 19.3 Å². The van der Waals surface area contributed by atoms with Gasteiger partial charge in [0.15, 0.2) is 11.5 Å². The number of aryl methyl sites for hydroxylation is 1. The normalized spacial score (nSPS) is 12.2. The Morgan fingerprint density at radius 3 is 2.81 bits per heavy atom. The van der Waals surface area contributed by atoms with Gasteiger partial charge in [-0.2, -0.15) is 0 Å². The number of hydrogen-bond donors (Lipinski definition) is 1. The highest BCUT2D eigenvalue weighted by Crippen LogP contribution is 2.33. The van der Waals surface area contributed by atoms with Crippen LogP contribution in [0.4, 0.5) is 0 Å². The molecule has 5 nitrogen and oxygen atoms in total. The van der Waals surface area contributed by atoms with Crippen molar-refractivity contribution in [3.63, 3.8) is 0 Å². The third-order valence-corrected chi connectivity index (χ3v) is 3.20. The van der Waals surface area contributed by atoms with E-state index < -0.39 is 5.97 Å². The van der Waals surface area contributed by atoms with Crippen LogP contribution in [0, 0.1) is 6.92 Å². The maximum Gasteiger partial charge on any atom is 0.339 e. The largest absolute Gasteiger partial charge is 0.488 e. The Labute approximate surface area is 121 Å². The van der Waals surface area contributed by atoms with E-state index in [4.69, 9.17) is 19.3 Å². The van der Waals surface area contributed by atoms with Crippen LogP contribution in [0.3, 0.4) is 0 Å². The summed E-state index contributed by atoms with van der Waals surface area (Å²) in [6.45, 7) is 2.38. The molecule has 1 aliphatic heterocycles. The van der Waals surface area contributed by atoms with E-state index in [1.165, 1.54) is 0 Å². The fourth-order valence-electron chi connectivity index (χ4n) is 2.12. The van der Waals surface area contributed by atoms with Gasteiger partial charge >= 0.3 is 5.97 Å². The number of benzene rings is 2. The topological polar surface area (TPSA) is 65.0 Å². The smallest absolute Gasteiger partial charge is 0.339 e. The number of ether oxygens (including phenoxy) is 3. The molecule has 2 aromatic rings. The fourth-order valence-corrected chi connectivity index (χ4v) is 2.12. The van der Waals surface area contributed by atoms with E-state index in [2.05, 4.69) is 0 Å². The molecule has 0 saturated heterocycles. The van der Waals surface area contributed by atoms with Gasteiger partial charge in [0.1, 0.15) is 17.9 Å². The van der Waals surface area contributed by atoms with Crippen molar-refractivity contribution >= 4 is 5.97 Å². The first-order valence-corrected chi connectivity index (χ1v) is 6.49. The monoisotopic (exact) mass is 286 g/mol. The Balaban J connectivity index is 1.78. The molecule has 3 rings (SSSR count). The summed E-state index contributed by atoms with van der Waals surface area (Å²) in [5.74, 6) is 0.746. The maximum atomic E-state index is 11.2. The van der Waals surface area contributed by atoms with E-state index in [9.17, 15) is 4.79 Å². The SMILES string of the molecule is Cc1ccc(C(=O)O)c(OCc2ccc3c(c2)OCO3)c1. The van der Waals surface area contributed by atoms with Crippen LogP contribution >= 0.6 is 0 Å². The first-order chi connectivity index (χ1) is 10.1. The summed E-state index contributed by atoms with van der Waals surface area (Å²) < 4.78 is 16.2. The van der Waals surface area contributed by atoms with E-state index in [1.807, 2.05) is 25.1 Å². The zero-order valence-electron chi connectivity index (χ0n) is 11.5. The Morgan fingerprint density at radius 1 is 1.19 bits per heavy atom. The molecule has 21 heavy (non-hydrogen) atoms.